The van der Waals surface area contributed by atoms with Gasteiger partial charge < -0.3 is 4.90 Å². The smallest absolute Gasteiger partial charge is 0.0540 e. The molecule has 1 spiro atoms. The summed E-state index contributed by atoms with van der Waals surface area (Å²) in [7, 11) is 0. The van der Waals surface area contributed by atoms with E-state index < -0.39 is 0 Å². The minimum Gasteiger partial charge on any atom is -0.310 e. The summed E-state index contributed by atoms with van der Waals surface area (Å²) in [5.41, 5.74) is 19.2. The van der Waals surface area contributed by atoms with Crippen LogP contribution in [0.1, 0.15) is 36.8 Å². The van der Waals surface area contributed by atoms with Crippen LogP contribution in [-0.2, 0) is 5.41 Å². The van der Waals surface area contributed by atoms with Gasteiger partial charge in [-0.05, 0) is 123 Å². The van der Waals surface area contributed by atoms with Crippen LogP contribution in [0.15, 0.2) is 212 Å². The summed E-state index contributed by atoms with van der Waals surface area (Å²) >= 11 is 1.87. The van der Waals surface area contributed by atoms with E-state index >= 15 is 0 Å². The first-order chi connectivity index (χ1) is 30.2. The summed E-state index contributed by atoms with van der Waals surface area (Å²) < 4.78 is 2.61. The van der Waals surface area contributed by atoms with Gasteiger partial charge in [0.25, 0.3) is 0 Å². The van der Waals surface area contributed by atoms with E-state index in [1.165, 1.54) is 113 Å². The van der Waals surface area contributed by atoms with Crippen LogP contribution >= 0.6 is 11.3 Å². The van der Waals surface area contributed by atoms with Crippen LogP contribution in [0.25, 0.3) is 75.8 Å². The van der Waals surface area contributed by atoms with E-state index in [0.29, 0.717) is 0 Å². The van der Waals surface area contributed by atoms with Crippen molar-refractivity contribution in [1.82, 2.24) is 0 Å². The van der Waals surface area contributed by atoms with Crippen LogP contribution in [0, 0.1) is 0 Å². The van der Waals surface area contributed by atoms with Gasteiger partial charge in [-0.3, -0.25) is 0 Å². The summed E-state index contributed by atoms with van der Waals surface area (Å²) in [6.07, 6.45) is 5.05. The predicted octanol–water partition coefficient (Wildman–Crippen LogP) is 17.0. The van der Waals surface area contributed by atoms with Gasteiger partial charge >= 0.3 is 0 Å². The Morgan fingerprint density at radius 3 is 1.69 bits per heavy atom. The van der Waals surface area contributed by atoms with Crippen molar-refractivity contribution in [2.75, 3.05) is 4.90 Å². The first-order valence-electron chi connectivity index (χ1n) is 21.6. The minimum atomic E-state index is 0.144. The van der Waals surface area contributed by atoms with E-state index in [1.807, 2.05) is 11.3 Å². The molecule has 2 aliphatic rings. The average molecular weight is 798 g/mol. The highest BCUT2D eigenvalue weighted by Crippen LogP contribution is 2.57. The molecule has 0 aliphatic heterocycles. The second-order valence-corrected chi connectivity index (χ2v) is 17.8. The van der Waals surface area contributed by atoms with Crippen LogP contribution in [0.3, 0.4) is 0 Å². The molecule has 12 rings (SSSR count). The summed E-state index contributed by atoms with van der Waals surface area (Å²) in [6, 6.07) is 78.9. The van der Waals surface area contributed by atoms with Gasteiger partial charge in [0.05, 0.1) is 5.69 Å². The van der Waals surface area contributed by atoms with Gasteiger partial charge in [-0.15, -0.1) is 11.3 Å². The van der Waals surface area contributed by atoms with E-state index in [9.17, 15) is 0 Å². The van der Waals surface area contributed by atoms with E-state index in [4.69, 9.17) is 0 Å². The molecule has 0 amide bonds. The van der Waals surface area contributed by atoms with Gasteiger partial charge in [0.1, 0.15) is 0 Å². The molecule has 0 atom stereocenters. The number of fused-ring (bicyclic) bond motifs is 8. The molecule has 0 radical (unpaired) electrons. The molecule has 1 fully saturated rings. The van der Waals surface area contributed by atoms with Crippen molar-refractivity contribution in [1.29, 1.82) is 0 Å². The molecule has 1 heterocycles. The summed E-state index contributed by atoms with van der Waals surface area (Å²) in [6.45, 7) is 0. The van der Waals surface area contributed by atoms with Crippen molar-refractivity contribution in [3.05, 3.63) is 223 Å². The molecule has 61 heavy (non-hydrogen) atoms. The first kappa shape index (κ1) is 35.9. The van der Waals surface area contributed by atoms with Crippen molar-refractivity contribution in [2.45, 2.75) is 31.1 Å². The standard InChI is InChI=1S/C59H43NS/c1-2-16-41(17-3-1)45-18-4-5-19-46(45)47-20-6-7-21-48(47)51-23-9-12-26-56(51)60(44-33-35-58-53(39-44)52-24-10-13-27-57(52)61-58)43-31-28-40(29-32-43)42-30-34-50-49-22-8-11-25-54(49)59(55(50)38-42)36-14-15-37-59/h1-13,16-35,38-39H,14-15,36-37H2. The lowest BCUT2D eigenvalue weighted by molar-refractivity contribution is 0.550. The molecule has 1 aromatic heterocycles. The maximum Gasteiger partial charge on any atom is 0.0540 e. The molecule has 0 saturated heterocycles. The van der Waals surface area contributed by atoms with E-state index in [2.05, 4.69) is 217 Å². The van der Waals surface area contributed by atoms with Gasteiger partial charge in [0.2, 0.25) is 0 Å². The fourth-order valence-electron chi connectivity index (χ4n) is 10.7. The number of hydrogen-bond donors (Lipinski definition) is 0. The fourth-order valence-corrected chi connectivity index (χ4v) is 11.8. The Kier molecular flexibility index (Phi) is 8.61. The monoisotopic (exact) mass is 797 g/mol. The number of thiophene rings is 1. The Labute approximate surface area is 361 Å². The number of benzene rings is 9. The SMILES string of the molecule is c1ccc(-c2ccccc2-c2ccccc2-c2ccccc2N(c2ccc(-c3ccc4c(c3)C3(CCCC3)c3ccccc3-4)cc2)c2ccc3sc4ccccc4c3c2)cc1. The topological polar surface area (TPSA) is 3.24 Å². The lowest BCUT2D eigenvalue weighted by Crippen LogP contribution is -2.20. The zero-order valence-electron chi connectivity index (χ0n) is 33.9. The third kappa shape index (κ3) is 5.89. The number of nitrogens with zero attached hydrogens (tertiary/aromatic N) is 1. The van der Waals surface area contributed by atoms with Crippen LogP contribution in [0.4, 0.5) is 17.1 Å². The zero-order valence-corrected chi connectivity index (χ0v) is 34.7. The largest absolute Gasteiger partial charge is 0.310 e. The van der Waals surface area contributed by atoms with E-state index in [-0.39, 0.29) is 5.41 Å². The van der Waals surface area contributed by atoms with Crippen molar-refractivity contribution >= 4 is 48.6 Å². The van der Waals surface area contributed by atoms with Crippen molar-refractivity contribution in [3.63, 3.8) is 0 Å². The second kappa shape index (κ2) is 14.6. The minimum absolute atomic E-state index is 0.144. The number of para-hydroxylation sites is 1. The first-order valence-corrected chi connectivity index (χ1v) is 22.4. The van der Waals surface area contributed by atoms with Gasteiger partial charge in [-0.25, -0.2) is 0 Å². The van der Waals surface area contributed by atoms with Gasteiger partial charge in [-0.1, -0.05) is 177 Å². The molecule has 0 unspecified atom stereocenters. The third-order valence-corrected chi connectivity index (χ3v) is 14.6. The number of hydrogen-bond acceptors (Lipinski definition) is 2. The molecule has 2 aliphatic carbocycles. The Morgan fingerprint density at radius 1 is 0.344 bits per heavy atom. The Hall–Kier alpha value is -7.00. The molecule has 2 heteroatoms. The highest BCUT2D eigenvalue weighted by molar-refractivity contribution is 7.25. The summed E-state index contributed by atoms with van der Waals surface area (Å²) in [4.78, 5) is 2.47. The normalized spacial score (nSPS) is 13.8. The van der Waals surface area contributed by atoms with Crippen LogP contribution in [0.5, 0.6) is 0 Å². The van der Waals surface area contributed by atoms with Crippen LogP contribution in [0.2, 0.25) is 0 Å². The Balaban J connectivity index is 1.01. The van der Waals surface area contributed by atoms with Crippen molar-refractivity contribution in [3.8, 4) is 55.6 Å². The highest BCUT2D eigenvalue weighted by Gasteiger charge is 2.44. The lowest BCUT2D eigenvalue weighted by Gasteiger charge is -2.29. The molecule has 0 N–H and O–H groups in total. The predicted molar refractivity (Wildman–Crippen MR) is 260 cm³/mol. The van der Waals surface area contributed by atoms with Gasteiger partial charge in [0.15, 0.2) is 0 Å². The average Bonchev–Trinajstić information content (AvgIpc) is 4.05. The Morgan fingerprint density at radius 2 is 0.902 bits per heavy atom. The second-order valence-electron chi connectivity index (χ2n) is 16.7. The Bertz CT molecular complexity index is 3260. The maximum absolute atomic E-state index is 2.52. The number of anilines is 3. The molecular weight excluding hydrogens is 755 g/mol. The molecular formula is C59H43NS. The third-order valence-electron chi connectivity index (χ3n) is 13.5. The molecule has 290 valence electrons. The lowest BCUT2D eigenvalue weighted by atomic mass is 9.76. The molecule has 10 aromatic rings. The van der Waals surface area contributed by atoms with E-state index in [1.54, 1.807) is 0 Å². The summed E-state index contributed by atoms with van der Waals surface area (Å²) in [5, 5.41) is 2.59. The molecule has 0 bridgehead atoms. The van der Waals surface area contributed by atoms with Crippen molar-refractivity contribution in [2.24, 2.45) is 0 Å². The van der Waals surface area contributed by atoms with Crippen LogP contribution in [-0.4, -0.2) is 0 Å². The van der Waals surface area contributed by atoms with Crippen LogP contribution < -0.4 is 4.90 Å². The van der Waals surface area contributed by atoms with Gasteiger partial charge in [0, 0.05) is 42.5 Å². The highest BCUT2D eigenvalue weighted by atomic mass is 32.1. The molecule has 1 saturated carbocycles. The molecule has 1 nitrogen and oxygen atoms in total. The summed E-state index contributed by atoms with van der Waals surface area (Å²) in [5.74, 6) is 0. The maximum atomic E-state index is 2.52. The number of rotatable bonds is 7. The molecule has 9 aromatic carbocycles. The van der Waals surface area contributed by atoms with Gasteiger partial charge in [-0.2, -0.15) is 0 Å². The zero-order chi connectivity index (χ0) is 40.3. The fraction of sp³-hybridized carbons (Fsp3) is 0.0847. The van der Waals surface area contributed by atoms with Crippen molar-refractivity contribution < 1.29 is 0 Å². The van der Waals surface area contributed by atoms with E-state index in [0.717, 1.165) is 17.1 Å². The quantitative estimate of drug-likeness (QED) is 0.155.